The maximum absolute atomic E-state index is 13.4. The summed E-state index contributed by atoms with van der Waals surface area (Å²) in [7, 11) is 0. The van der Waals surface area contributed by atoms with E-state index in [1.54, 1.807) is 12.1 Å². The van der Waals surface area contributed by atoms with Gasteiger partial charge in [-0.25, -0.2) is 4.39 Å². The van der Waals surface area contributed by atoms with Crippen molar-refractivity contribution in [3.05, 3.63) is 29.6 Å². The van der Waals surface area contributed by atoms with Crippen LogP contribution >= 0.6 is 0 Å². The molecule has 15 heavy (non-hydrogen) atoms. The van der Waals surface area contributed by atoms with Crippen LogP contribution in [0.2, 0.25) is 0 Å². The number of unbranched alkanes of at least 4 members (excludes halogenated alkanes) is 2. The number of hydrogen-bond donors (Lipinski definition) is 1. The Morgan fingerprint density at radius 2 is 2.13 bits per heavy atom. The van der Waals surface area contributed by atoms with Crippen molar-refractivity contribution in [3.63, 3.8) is 0 Å². The first-order valence-corrected chi connectivity index (χ1v) is 5.39. The predicted molar refractivity (Wildman–Crippen MR) is 59.3 cm³/mol. The van der Waals surface area contributed by atoms with Crippen LogP contribution in [0.25, 0.3) is 0 Å². The van der Waals surface area contributed by atoms with Gasteiger partial charge in [0.15, 0.2) is 11.6 Å². The number of nitrogens with two attached hydrogens (primary N) is 1. The Kier molecular flexibility index (Phi) is 5.12. The highest BCUT2D eigenvalue weighted by atomic mass is 19.1. The first-order valence-electron chi connectivity index (χ1n) is 5.39. The average Bonchev–Trinajstić information content (AvgIpc) is 2.26. The van der Waals surface area contributed by atoms with E-state index in [4.69, 9.17) is 10.5 Å². The highest BCUT2D eigenvalue weighted by Gasteiger charge is 2.07. The van der Waals surface area contributed by atoms with Gasteiger partial charge < -0.3 is 10.5 Å². The zero-order valence-electron chi connectivity index (χ0n) is 9.13. The van der Waals surface area contributed by atoms with Gasteiger partial charge in [-0.05, 0) is 12.5 Å². The Hall–Kier alpha value is -1.09. The summed E-state index contributed by atoms with van der Waals surface area (Å²) in [5, 5.41) is 0. The minimum atomic E-state index is -0.325. The number of ether oxygens (including phenoxy) is 1. The second-order valence-electron chi connectivity index (χ2n) is 3.49. The Morgan fingerprint density at radius 1 is 1.33 bits per heavy atom. The molecule has 0 aliphatic carbocycles. The Balaban J connectivity index is 2.58. The number of hydrogen-bond acceptors (Lipinski definition) is 2. The van der Waals surface area contributed by atoms with E-state index in [0.717, 1.165) is 24.8 Å². The van der Waals surface area contributed by atoms with Crippen molar-refractivity contribution >= 4 is 0 Å². The maximum Gasteiger partial charge on any atom is 0.165 e. The lowest BCUT2D eigenvalue weighted by Gasteiger charge is -2.10. The molecule has 0 unspecified atom stereocenters. The average molecular weight is 211 g/mol. The molecule has 0 saturated heterocycles. The molecule has 0 bridgehead atoms. The molecule has 1 aromatic carbocycles. The summed E-state index contributed by atoms with van der Waals surface area (Å²) in [6.45, 7) is 2.98. The van der Waals surface area contributed by atoms with Crippen molar-refractivity contribution < 1.29 is 9.13 Å². The Labute approximate surface area is 90.2 Å². The van der Waals surface area contributed by atoms with Gasteiger partial charge in [-0.2, -0.15) is 0 Å². The third kappa shape index (κ3) is 3.51. The van der Waals surface area contributed by atoms with Gasteiger partial charge >= 0.3 is 0 Å². The summed E-state index contributed by atoms with van der Waals surface area (Å²) >= 11 is 0. The smallest absolute Gasteiger partial charge is 0.165 e. The normalized spacial score (nSPS) is 10.3. The quantitative estimate of drug-likeness (QED) is 0.734. The van der Waals surface area contributed by atoms with E-state index >= 15 is 0 Å². The van der Waals surface area contributed by atoms with Gasteiger partial charge in [0.05, 0.1) is 6.61 Å². The second kappa shape index (κ2) is 6.40. The van der Waals surface area contributed by atoms with Crippen molar-refractivity contribution in [1.82, 2.24) is 0 Å². The molecule has 0 saturated carbocycles. The Bertz CT molecular complexity index is 302. The molecule has 0 aromatic heterocycles. The van der Waals surface area contributed by atoms with E-state index in [-0.39, 0.29) is 5.82 Å². The lowest BCUT2D eigenvalue weighted by Crippen LogP contribution is -2.05. The summed E-state index contributed by atoms with van der Waals surface area (Å²) in [4.78, 5) is 0. The molecule has 0 radical (unpaired) electrons. The number of benzene rings is 1. The van der Waals surface area contributed by atoms with Crippen LogP contribution < -0.4 is 10.5 Å². The van der Waals surface area contributed by atoms with Crippen LogP contribution in [0, 0.1) is 5.82 Å². The van der Waals surface area contributed by atoms with Gasteiger partial charge in [-0.3, -0.25) is 0 Å². The van der Waals surface area contributed by atoms with E-state index < -0.39 is 0 Å². The zero-order chi connectivity index (χ0) is 11.1. The summed E-state index contributed by atoms with van der Waals surface area (Å²) in [6.07, 6.45) is 3.19. The van der Waals surface area contributed by atoms with Gasteiger partial charge in [0.25, 0.3) is 0 Å². The van der Waals surface area contributed by atoms with Gasteiger partial charge in [-0.15, -0.1) is 0 Å². The van der Waals surface area contributed by atoms with E-state index in [9.17, 15) is 4.39 Å². The van der Waals surface area contributed by atoms with Crippen molar-refractivity contribution in [2.75, 3.05) is 6.61 Å². The van der Waals surface area contributed by atoms with Crippen LogP contribution in [0.15, 0.2) is 18.2 Å². The summed E-state index contributed by atoms with van der Waals surface area (Å²) in [5.41, 5.74) is 6.23. The molecule has 0 fully saturated rings. The highest BCUT2D eigenvalue weighted by molar-refractivity contribution is 5.34. The lowest BCUT2D eigenvalue weighted by atomic mass is 10.2. The highest BCUT2D eigenvalue weighted by Crippen LogP contribution is 2.22. The third-order valence-corrected chi connectivity index (χ3v) is 2.26. The number of para-hydroxylation sites is 1. The van der Waals surface area contributed by atoms with Gasteiger partial charge in [0.1, 0.15) is 0 Å². The second-order valence-corrected chi connectivity index (χ2v) is 3.49. The van der Waals surface area contributed by atoms with Crippen LogP contribution in [0.4, 0.5) is 4.39 Å². The van der Waals surface area contributed by atoms with E-state index in [0.29, 0.717) is 18.9 Å². The van der Waals surface area contributed by atoms with Crippen LogP contribution in [0.3, 0.4) is 0 Å². The minimum Gasteiger partial charge on any atom is -0.490 e. The Morgan fingerprint density at radius 3 is 2.80 bits per heavy atom. The fourth-order valence-electron chi connectivity index (χ4n) is 1.40. The standard InChI is InChI=1S/C12H18FNO/c1-2-3-4-8-15-12-10(9-14)6-5-7-11(12)13/h5-7H,2-4,8-9,14H2,1H3. The van der Waals surface area contributed by atoms with E-state index in [2.05, 4.69) is 6.92 Å². The lowest BCUT2D eigenvalue weighted by molar-refractivity contribution is 0.288. The molecule has 0 aliphatic rings. The van der Waals surface area contributed by atoms with Crippen LogP contribution in [0.1, 0.15) is 31.7 Å². The van der Waals surface area contributed by atoms with E-state index in [1.807, 2.05) is 0 Å². The molecule has 0 amide bonds. The monoisotopic (exact) mass is 211 g/mol. The molecule has 0 heterocycles. The SMILES string of the molecule is CCCCCOc1c(F)cccc1CN. The van der Waals surface area contributed by atoms with Crippen molar-refractivity contribution in [2.24, 2.45) is 5.73 Å². The fourth-order valence-corrected chi connectivity index (χ4v) is 1.40. The molecular weight excluding hydrogens is 193 g/mol. The van der Waals surface area contributed by atoms with Crippen molar-refractivity contribution in [3.8, 4) is 5.75 Å². The molecule has 0 aliphatic heterocycles. The molecular formula is C12H18FNO. The van der Waals surface area contributed by atoms with Gasteiger partial charge in [0, 0.05) is 12.1 Å². The fraction of sp³-hybridized carbons (Fsp3) is 0.500. The maximum atomic E-state index is 13.4. The molecule has 0 spiro atoms. The third-order valence-electron chi connectivity index (χ3n) is 2.26. The van der Waals surface area contributed by atoms with Gasteiger partial charge in [-0.1, -0.05) is 31.9 Å². The number of halogens is 1. The first kappa shape index (κ1) is 12.0. The van der Waals surface area contributed by atoms with Crippen molar-refractivity contribution in [2.45, 2.75) is 32.7 Å². The molecule has 1 rings (SSSR count). The van der Waals surface area contributed by atoms with Crippen LogP contribution in [-0.2, 0) is 6.54 Å². The first-order chi connectivity index (χ1) is 7.29. The van der Waals surface area contributed by atoms with Crippen LogP contribution in [0.5, 0.6) is 5.75 Å². The summed E-state index contributed by atoms with van der Waals surface area (Å²) in [6, 6.07) is 4.84. The molecule has 0 atom stereocenters. The predicted octanol–water partition coefficient (Wildman–Crippen LogP) is 2.85. The molecule has 2 nitrogen and oxygen atoms in total. The van der Waals surface area contributed by atoms with Gasteiger partial charge in [0.2, 0.25) is 0 Å². The number of rotatable bonds is 6. The molecule has 2 N–H and O–H groups in total. The van der Waals surface area contributed by atoms with E-state index in [1.165, 1.54) is 6.07 Å². The molecule has 3 heteroatoms. The molecule has 1 aromatic rings. The van der Waals surface area contributed by atoms with Crippen molar-refractivity contribution in [1.29, 1.82) is 0 Å². The minimum absolute atomic E-state index is 0.306. The summed E-state index contributed by atoms with van der Waals surface area (Å²) in [5.74, 6) is -0.00875. The summed E-state index contributed by atoms with van der Waals surface area (Å²) < 4.78 is 18.8. The topological polar surface area (TPSA) is 35.2 Å². The zero-order valence-corrected chi connectivity index (χ0v) is 9.13. The molecule has 84 valence electrons. The van der Waals surface area contributed by atoms with Crippen LogP contribution in [-0.4, -0.2) is 6.61 Å². The largest absolute Gasteiger partial charge is 0.490 e.